The van der Waals surface area contributed by atoms with Crippen molar-refractivity contribution in [2.75, 3.05) is 7.11 Å². The van der Waals surface area contributed by atoms with Gasteiger partial charge in [-0.2, -0.15) is 17.5 Å². The van der Waals surface area contributed by atoms with Crippen LogP contribution in [0, 0.1) is 0 Å². The summed E-state index contributed by atoms with van der Waals surface area (Å²) < 4.78 is 44.5. The molecule has 9 heteroatoms. The van der Waals surface area contributed by atoms with Crippen LogP contribution in [0.4, 0.5) is 13.2 Å². The number of esters is 1. The van der Waals surface area contributed by atoms with E-state index in [0.717, 1.165) is 11.8 Å². The molecule has 0 spiro atoms. The molecule has 1 atom stereocenters. The van der Waals surface area contributed by atoms with Crippen LogP contribution in [0.5, 0.6) is 0 Å². The smallest absolute Gasteiger partial charge is 0.452 e. The number of aromatic nitrogens is 2. The van der Waals surface area contributed by atoms with Gasteiger partial charge in [0, 0.05) is 5.25 Å². The van der Waals surface area contributed by atoms with Gasteiger partial charge in [0.2, 0.25) is 5.82 Å². The van der Waals surface area contributed by atoms with Crippen LogP contribution in [0.15, 0.2) is 4.34 Å². The fraction of sp³-hybridized carbons (Fsp3) is 0.625. The van der Waals surface area contributed by atoms with E-state index in [1.807, 2.05) is 0 Å². The zero-order chi connectivity index (χ0) is 13.1. The van der Waals surface area contributed by atoms with Gasteiger partial charge in [0.1, 0.15) is 0 Å². The third-order valence-electron chi connectivity index (χ3n) is 1.64. The molecule has 0 saturated heterocycles. The van der Waals surface area contributed by atoms with Gasteiger partial charge >= 0.3 is 12.1 Å². The van der Waals surface area contributed by atoms with E-state index in [9.17, 15) is 18.0 Å². The molecule has 0 aliphatic rings. The molecule has 1 rings (SSSR count). The summed E-state index contributed by atoms with van der Waals surface area (Å²) in [4.78, 5) is 14.3. The molecule has 1 aromatic rings. The zero-order valence-corrected chi connectivity index (χ0v) is 10.6. The van der Waals surface area contributed by atoms with Crippen LogP contribution in [-0.4, -0.2) is 27.7 Å². The molecule has 0 N–H and O–H groups in total. The van der Waals surface area contributed by atoms with Gasteiger partial charge in [-0.1, -0.05) is 18.7 Å². The number of ether oxygens (including phenoxy) is 1. The fourth-order valence-electron chi connectivity index (χ4n) is 0.904. The molecule has 0 fully saturated rings. The molecular formula is C8H9F3N2O2S2. The van der Waals surface area contributed by atoms with E-state index in [2.05, 4.69) is 14.1 Å². The van der Waals surface area contributed by atoms with Crippen LogP contribution < -0.4 is 0 Å². The predicted octanol–water partition coefficient (Wildman–Crippen LogP) is 2.60. The number of carbonyl (C=O) groups is 1. The molecule has 1 aromatic heterocycles. The minimum absolute atomic E-state index is 0.113. The molecule has 0 aliphatic carbocycles. The highest BCUT2D eigenvalue weighted by Gasteiger charge is 2.36. The standard InChI is InChI=1S/C8H9F3N2O2S2/c1-4(3-5(14)15-2)16-7-12-6(13-17-7)8(9,10)11/h4H,3H2,1-2H3. The molecule has 0 radical (unpaired) electrons. The average molecular weight is 286 g/mol. The second kappa shape index (κ2) is 5.67. The number of hydrogen-bond donors (Lipinski definition) is 0. The van der Waals surface area contributed by atoms with E-state index < -0.39 is 18.0 Å². The van der Waals surface area contributed by atoms with E-state index in [1.54, 1.807) is 6.92 Å². The van der Waals surface area contributed by atoms with Crippen molar-refractivity contribution in [2.24, 2.45) is 0 Å². The van der Waals surface area contributed by atoms with Crippen LogP contribution in [0.1, 0.15) is 19.2 Å². The summed E-state index contributed by atoms with van der Waals surface area (Å²) >= 11 is 1.74. The van der Waals surface area contributed by atoms with Crippen molar-refractivity contribution in [3.05, 3.63) is 5.82 Å². The molecule has 96 valence electrons. The first-order chi connectivity index (χ1) is 7.82. The molecule has 0 aliphatic heterocycles. The molecule has 0 bridgehead atoms. The second-order valence-electron chi connectivity index (χ2n) is 3.09. The number of thioether (sulfide) groups is 1. The first-order valence-electron chi connectivity index (χ1n) is 4.47. The number of carbonyl (C=O) groups excluding carboxylic acids is 1. The second-order valence-corrected chi connectivity index (χ2v) is 5.53. The summed E-state index contributed by atoms with van der Waals surface area (Å²) in [6.07, 6.45) is -4.41. The summed E-state index contributed by atoms with van der Waals surface area (Å²) in [6, 6.07) is 0. The summed E-state index contributed by atoms with van der Waals surface area (Å²) in [7, 11) is 1.26. The Morgan fingerprint density at radius 2 is 2.24 bits per heavy atom. The van der Waals surface area contributed by atoms with E-state index >= 15 is 0 Å². The summed E-state index contributed by atoms with van der Waals surface area (Å²) in [5, 5.41) is -0.212. The summed E-state index contributed by atoms with van der Waals surface area (Å²) in [5.41, 5.74) is 0. The Balaban J connectivity index is 2.58. The lowest BCUT2D eigenvalue weighted by Gasteiger charge is -2.06. The minimum Gasteiger partial charge on any atom is -0.469 e. The molecule has 1 unspecified atom stereocenters. The number of alkyl halides is 3. The third kappa shape index (κ3) is 4.50. The van der Waals surface area contributed by atoms with Gasteiger partial charge in [0.15, 0.2) is 4.34 Å². The predicted molar refractivity (Wildman–Crippen MR) is 56.9 cm³/mol. The van der Waals surface area contributed by atoms with Gasteiger partial charge in [-0.15, -0.1) is 0 Å². The average Bonchev–Trinajstić information content (AvgIpc) is 2.65. The molecular weight excluding hydrogens is 277 g/mol. The van der Waals surface area contributed by atoms with Gasteiger partial charge < -0.3 is 4.74 Å². The van der Waals surface area contributed by atoms with Crippen molar-refractivity contribution in [2.45, 2.75) is 29.1 Å². The topological polar surface area (TPSA) is 52.1 Å². The fourth-order valence-corrected chi connectivity index (χ4v) is 2.82. The maximum absolute atomic E-state index is 12.2. The normalized spacial score (nSPS) is 13.5. The third-order valence-corrected chi connectivity index (χ3v) is 3.53. The SMILES string of the molecule is COC(=O)CC(C)Sc1nc(C(F)(F)F)ns1. The van der Waals surface area contributed by atoms with Gasteiger partial charge in [0.25, 0.3) is 0 Å². The summed E-state index contributed by atoms with van der Waals surface area (Å²) in [6.45, 7) is 1.70. The lowest BCUT2D eigenvalue weighted by atomic mass is 10.3. The minimum atomic E-state index is -4.53. The number of rotatable bonds is 4. The van der Waals surface area contributed by atoms with Crippen molar-refractivity contribution in [1.29, 1.82) is 0 Å². The van der Waals surface area contributed by atoms with E-state index in [1.165, 1.54) is 7.11 Å². The molecule has 0 aromatic carbocycles. The van der Waals surface area contributed by atoms with Crippen molar-refractivity contribution in [3.8, 4) is 0 Å². The number of halogens is 3. The van der Waals surface area contributed by atoms with Crippen LogP contribution in [0.2, 0.25) is 0 Å². The van der Waals surface area contributed by atoms with Crippen LogP contribution in [0.25, 0.3) is 0 Å². The molecule has 1 heterocycles. The lowest BCUT2D eigenvalue weighted by Crippen LogP contribution is -2.09. The molecule has 0 saturated carbocycles. The Labute approximate surface area is 104 Å². The van der Waals surface area contributed by atoms with Crippen molar-refractivity contribution >= 4 is 29.3 Å². The van der Waals surface area contributed by atoms with Crippen molar-refractivity contribution in [3.63, 3.8) is 0 Å². The molecule has 0 amide bonds. The molecule has 17 heavy (non-hydrogen) atoms. The molecule has 4 nitrogen and oxygen atoms in total. The van der Waals surface area contributed by atoms with Gasteiger partial charge in [-0.3, -0.25) is 4.79 Å². The summed E-state index contributed by atoms with van der Waals surface area (Å²) in [5.74, 6) is -1.55. The Bertz CT molecular complexity index is 394. The van der Waals surface area contributed by atoms with E-state index in [0.29, 0.717) is 11.5 Å². The highest BCUT2D eigenvalue weighted by Crippen LogP contribution is 2.32. The van der Waals surface area contributed by atoms with Gasteiger partial charge in [-0.05, 0) is 11.5 Å². The highest BCUT2D eigenvalue weighted by atomic mass is 32.2. The van der Waals surface area contributed by atoms with Gasteiger partial charge in [0.05, 0.1) is 13.5 Å². The largest absolute Gasteiger partial charge is 0.469 e. The van der Waals surface area contributed by atoms with Crippen molar-refractivity contribution in [1.82, 2.24) is 9.36 Å². The lowest BCUT2D eigenvalue weighted by molar-refractivity contribution is -0.144. The number of hydrogen-bond acceptors (Lipinski definition) is 6. The maximum Gasteiger partial charge on any atom is 0.452 e. The monoisotopic (exact) mass is 286 g/mol. The Hall–Kier alpha value is -0.830. The van der Waals surface area contributed by atoms with E-state index in [-0.39, 0.29) is 16.0 Å². The van der Waals surface area contributed by atoms with Crippen LogP contribution >= 0.6 is 23.3 Å². The van der Waals surface area contributed by atoms with Crippen LogP contribution in [0.3, 0.4) is 0 Å². The Morgan fingerprint density at radius 3 is 2.71 bits per heavy atom. The van der Waals surface area contributed by atoms with E-state index in [4.69, 9.17) is 0 Å². The number of methoxy groups -OCH3 is 1. The quantitative estimate of drug-likeness (QED) is 0.629. The first-order valence-corrected chi connectivity index (χ1v) is 6.12. The highest BCUT2D eigenvalue weighted by molar-refractivity contribution is 8.01. The Morgan fingerprint density at radius 1 is 1.59 bits per heavy atom. The maximum atomic E-state index is 12.2. The Kier molecular flexibility index (Phi) is 4.75. The number of nitrogens with zero attached hydrogens (tertiary/aromatic N) is 2. The zero-order valence-electron chi connectivity index (χ0n) is 8.95. The van der Waals surface area contributed by atoms with Crippen molar-refractivity contribution < 1.29 is 22.7 Å². The van der Waals surface area contributed by atoms with Gasteiger partial charge in [-0.25, -0.2) is 4.98 Å². The van der Waals surface area contributed by atoms with Crippen LogP contribution in [-0.2, 0) is 15.7 Å². The first kappa shape index (κ1) is 14.2.